The van der Waals surface area contributed by atoms with Gasteiger partial charge in [0.05, 0.1) is 5.69 Å². The first-order valence-corrected chi connectivity index (χ1v) is 8.46. The van der Waals surface area contributed by atoms with Crippen LogP contribution in [0.25, 0.3) is 11.3 Å². The van der Waals surface area contributed by atoms with Crippen LogP contribution in [-0.4, -0.2) is 29.3 Å². The van der Waals surface area contributed by atoms with Gasteiger partial charge < -0.3 is 10.6 Å². The third-order valence-corrected chi connectivity index (χ3v) is 4.91. The minimum absolute atomic E-state index is 0.484. The molecule has 1 aliphatic heterocycles. The van der Waals surface area contributed by atoms with E-state index in [0.717, 1.165) is 30.7 Å². The number of nitrogens with one attached hydrogen (secondary N) is 3. The quantitative estimate of drug-likeness (QED) is 0.795. The van der Waals surface area contributed by atoms with Crippen molar-refractivity contribution in [2.75, 3.05) is 13.1 Å². The molecule has 4 nitrogen and oxygen atoms in total. The van der Waals surface area contributed by atoms with E-state index in [2.05, 4.69) is 45.1 Å². The molecule has 1 saturated heterocycles. The van der Waals surface area contributed by atoms with Crippen LogP contribution in [0.5, 0.6) is 0 Å². The molecule has 0 bridgehead atoms. The first-order valence-electron chi connectivity index (χ1n) is 8.46. The highest BCUT2D eigenvalue weighted by molar-refractivity contribution is 5.59. The molecule has 0 radical (unpaired) electrons. The maximum Gasteiger partial charge on any atom is 0.0650 e. The molecule has 1 aromatic carbocycles. The van der Waals surface area contributed by atoms with Gasteiger partial charge in [0.2, 0.25) is 0 Å². The second-order valence-corrected chi connectivity index (χ2v) is 6.60. The van der Waals surface area contributed by atoms with E-state index in [9.17, 15) is 0 Å². The molecular formula is C18H24N4. The van der Waals surface area contributed by atoms with E-state index >= 15 is 0 Å². The third kappa shape index (κ3) is 3.08. The van der Waals surface area contributed by atoms with Crippen molar-refractivity contribution in [3.05, 3.63) is 42.1 Å². The fourth-order valence-electron chi connectivity index (χ4n) is 3.50. The maximum atomic E-state index is 4.07. The summed E-state index contributed by atoms with van der Waals surface area (Å²) in [7, 11) is 0. The Morgan fingerprint density at radius 2 is 1.95 bits per heavy atom. The highest BCUT2D eigenvalue weighted by Gasteiger charge is 2.31. The Hall–Kier alpha value is -1.65. The lowest BCUT2D eigenvalue weighted by Gasteiger charge is -2.32. The van der Waals surface area contributed by atoms with Crippen LogP contribution in [0.2, 0.25) is 0 Å². The van der Waals surface area contributed by atoms with E-state index in [1.54, 1.807) is 0 Å². The number of piperidine rings is 1. The predicted molar refractivity (Wildman–Crippen MR) is 88.5 cm³/mol. The lowest BCUT2D eigenvalue weighted by Crippen LogP contribution is -2.37. The van der Waals surface area contributed by atoms with E-state index in [1.807, 2.05) is 12.3 Å². The molecule has 1 unspecified atom stereocenters. The Labute approximate surface area is 131 Å². The zero-order valence-corrected chi connectivity index (χ0v) is 12.9. The Balaban J connectivity index is 1.61. The van der Waals surface area contributed by atoms with Gasteiger partial charge in [0.1, 0.15) is 0 Å². The molecule has 22 heavy (non-hydrogen) atoms. The lowest BCUT2D eigenvalue weighted by atomic mass is 9.85. The van der Waals surface area contributed by atoms with Crippen molar-refractivity contribution in [2.45, 2.75) is 37.8 Å². The van der Waals surface area contributed by atoms with Gasteiger partial charge >= 0.3 is 0 Å². The van der Waals surface area contributed by atoms with Crippen molar-refractivity contribution >= 4 is 0 Å². The van der Waals surface area contributed by atoms with Gasteiger partial charge in [0.25, 0.3) is 0 Å². The van der Waals surface area contributed by atoms with Gasteiger partial charge in [-0.2, -0.15) is 5.10 Å². The van der Waals surface area contributed by atoms with Crippen LogP contribution < -0.4 is 10.6 Å². The zero-order valence-electron chi connectivity index (χ0n) is 12.9. The summed E-state index contributed by atoms with van der Waals surface area (Å²) in [6.45, 7) is 2.29. The smallest absolute Gasteiger partial charge is 0.0650 e. The number of H-pyrrole nitrogens is 1. The molecule has 1 atom stereocenters. The molecule has 0 amide bonds. The van der Waals surface area contributed by atoms with Crippen molar-refractivity contribution in [2.24, 2.45) is 5.92 Å². The standard InChI is InChI=1S/C18H24N4/c1-2-14(17-8-11-20-22-17)12-15(3-1)18(21-16-4-5-16)13-6-9-19-10-7-13/h1-3,8,11-13,16,18-19,21H,4-7,9-10H2,(H,20,22). The zero-order chi connectivity index (χ0) is 14.8. The second-order valence-electron chi connectivity index (χ2n) is 6.60. The van der Waals surface area contributed by atoms with Gasteiger partial charge in [-0.05, 0) is 68.0 Å². The molecule has 2 aromatic rings. The van der Waals surface area contributed by atoms with Gasteiger partial charge in [0, 0.05) is 18.3 Å². The highest BCUT2D eigenvalue weighted by atomic mass is 15.1. The van der Waals surface area contributed by atoms with Crippen LogP contribution in [0.15, 0.2) is 36.5 Å². The predicted octanol–water partition coefficient (Wildman–Crippen LogP) is 2.87. The fraction of sp³-hybridized carbons (Fsp3) is 0.500. The van der Waals surface area contributed by atoms with Crippen molar-refractivity contribution in [3.8, 4) is 11.3 Å². The summed E-state index contributed by atoms with van der Waals surface area (Å²) in [5, 5.41) is 14.5. The Morgan fingerprint density at radius 1 is 1.09 bits per heavy atom. The molecule has 2 aliphatic rings. The molecule has 2 fully saturated rings. The average molecular weight is 296 g/mol. The molecular weight excluding hydrogens is 272 g/mol. The van der Waals surface area contributed by atoms with Crippen molar-refractivity contribution < 1.29 is 0 Å². The van der Waals surface area contributed by atoms with Gasteiger partial charge in [-0.15, -0.1) is 0 Å². The molecule has 1 aliphatic carbocycles. The fourth-order valence-corrected chi connectivity index (χ4v) is 3.50. The number of hydrogen-bond acceptors (Lipinski definition) is 3. The largest absolute Gasteiger partial charge is 0.317 e. The molecule has 2 heterocycles. The van der Waals surface area contributed by atoms with E-state index in [-0.39, 0.29) is 0 Å². The maximum absolute atomic E-state index is 4.07. The topological polar surface area (TPSA) is 52.7 Å². The average Bonchev–Trinajstić information content (AvgIpc) is 3.23. The van der Waals surface area contributed by atoms with Crippen LogP contribution in [0, 0.1) is 5.92 Å². The summed E-state index contributed by atoms with van der Waals surface area (Å²) in [6.07, 6.45) is 7.01. The SMILES string of the molecule is c1cc(-c2ccn[nH]2)cc(C(NC2CC2)C2CCNCC2)c1. The highest BCUT2D eigenvalue weighted by Crippen LogP contribution is 2.34. The van der Waals surface area contributed by atoms with Crippen LogP contribution in [0.3, 0.4) is 0 Å². The number of rotatable bonds is 5. The Kier molecular flexibility index (Phi) is 3.95. The van der Waals surface area contributed by atoms with Crippen LogP contribution in [-0.2, 0) is 0 Å². The summed E-state index contributed by atoms with van der Waals surface area (Å²) in [5.74, 6) is 0.735. The molecule has 4 rings (SSSR count). The number of aromatic nitrogens is 2. The molecule has 0 spiro atoms. The van der Waals surface area contributed by atoms with Crippen molar-refractivity contribution in [3.63, 3.8) is 0 Å². The number of nitrogens with zero attached hydrogens (tertiary/aromatic N) is 1. The molecule has 1 saturated carbocycles. The number of aromatic amines is 1. The first-order chi connectivity index (χ1) is 10.9. The normalized spacial score (nSPS) is 20.9. The van der Waals surface area contributed by atoms with Gasteiger partial charge in [-0.25, -0.2) is 0 Å². The van der Waals surface area contributed by atoms with E-state index in [0.29, 0.717) is 6.04 Å². The summed E-state index contributed by atoms with van der Waals surface area (Å²) in [4.78, 5) is 0. The Morgan fingerprint density at radius 3 is 2.68 bits per heavy atom. The lowest BCUT2D eigenvalue weighted by molar-refractivity contribution is 0.281. The van der Waals surface area contributed by atoms with Crippen LogP contribution in [0.1, 0.15) is 37.3 Å². The third-order valence-electron chi connectivity index (χ3n) is 4.91. The first kappa shape index (κ1) is 14.0. The van der Waals surface area contributed by atoms with Gasteiger partial charge in [0.15, 0.2) is 0 Å². The summed E-state index contributed by atoms with van der Waals surface area (Å²) >= 11 is 0. The minimum atomic E-state index is 0.484. The molecule has 1 aromatic heterocycles. The summed E-state index contributed by atoms with van der Waals surface area (Å²) in [6, 6.07) is 12.2. The van der Waals surface area contributed by atoms with E-state index in [1.165, 1.54) is 36.8 Å². The monoisotopic (exact) mass is 296 g/mol. The molecule has 3 N–H and O–H groups in total. The summed E-state index contributed by atoms with van der Waals surface area (Å²) in [5.41, 5.74) is 3.75. The Bertz CT molecular complexity index is 597. The van der Waals surface area contributed by atoms with Crippen molar-refractivity contribution in [1.29, 1.82) is 0 Å². The van der Waals surface area contributed by atoms with Crippen LogP contribution >= 0.6 is 0 Å². The van der Waals surface area contributed by atoms with E-state index in [4.69, 9.17) is 0 Å². The van der Waals surface area contributed by atoms with Crippen molar-refractivity contribution in [1.82, 2.24) is 20.8 Å². The van der Waals surface area contributed by atoms with Gasteiger partial charge in [-0.1, -0.05) is 18.2 Å². The van der Waals surface area contributed by atoms with E-state index < -0.39 is 0 Å². The molecule has 4 heteroatoms. The number of benzene rings is 1. The second kappa shape index (κ2) is 6.23. The number of hydrogen-bond donors (Lipinski definition) is 3. The summed E-state index contributed by atoms with van der Waals surface area (Å²) < 4.78 is 0. The molecule has 116 valence electrons. The minimum Gasteiger partial charge on any atom is -0.317 e. The van der Waals surface area contributed by atoms with Gasteiger partial charge in [-0.3, -0.25) is 5.10 Å². The van der Waals surface area contributed by atoms with Crippen LogP contribution in [0.4, 0.5) is 0 Å².